The zero-order valence-corrected chi connectivity index (χ0v) is 10.5. The molecule has 2 rings (SSSR count). The van der Waals surface area contributed by atoms with Crippen molar-refractivity contribution >= 4 is 17.5 Å². The van der Waals surface area contributed by atoms with Gasteiger partial charge in [0.15, 0.2) is 0 Å². The molecule has 6 nitrogen and oxygen atoms in total. The van der Waals surface area contributed by atoms with Crippen molar-refractivity contribution in [3.05, 3.63) is 35.1 Å². The van der Waals surface area contributed by atoms with E-state index in [9.17, 15) is 18.0 Å². The summed E-state index contributed by atoms with van der Waals surface area (Å²) in [5.41, 5.74) is 0.160. The molecule has 1 amide bonds. The van der Waals surface area contributed by atoms with E-state index in [4.69, 9.17) is 11.6 Å². The van der Waals surface area contributed by atoms with Crippen LogP contribution in [-0.2, 0) is 0 Å². The van der Waals surface area contributed by atoms with Crippen LogP contribution in [0.4, 0.5) is 13.2 Å². The van der Waals surface area contributed by atoms with Gasteiger partial charge in [-0.15, -0.1) is 5.10 Å². The van der Waals surface area contributed by atoms with Gasteiger partial charge >= 0.3 is 6.18 Å². The van der Waals surface area contributed by atoms with Gasteiger partial charge in [-0.05, 0) is 28.6 Å². The van der Waals surface area contributed by atoms with E-state index in [1.807, 2.05) is 0 Å². The Bertz CT molecular complexity index is 614. The number of tetrazole rings is 1. The molecule has 0 bridgehead atoms. The predicted octanol–water partition coefficient (Wildman–Crippen LogP) is 1.61. The maximum absolute atomic E-state index is 12.1. The van der Waals surface area contributed by atoms with Crippen molar-refractivity contribution in [1.82, 2.24) is 25.5 Å². The van der Waals surface area contributed by atoms with Crippen LogP contribution >= 0.6 is 11.6 Å². The molecule has 1 heterocycles. The number of alkyl halides is 3. The van der Waals surface area contributed by atoms with Gasteiger partial charge in [-0.3, -0.25) is 4.79 Å². The van der Waals surface area contributed by atoms with Crippen LogP contribution in [0.3, 0.4) is 0 Å². The quantitative estimate of drug-likeness (QED) is 0.935. The Morgan fingerprint density at radius 2 is 2.15 bits per heavy atom. The summed E-state index contributed by atoms with van der Waals surface area (Å²) < 4.78 is 37.5. The molecule has 1 N–H and O–H groups in total. The standard InChI is InChI=1S/C10H7ClF3N5O/c11-6-1-2-8(19-5-16-17-18-19)7(3-6)9(20)15-4-10(12,13)14/h1-3,5H,4H2,(H,15,20). The van der Waals surface area contributed by atoms with E-state index in [-0.39, 0.29) is 16.3 Å². The lowest BCUT2D eigenvalue weighted by Crippen LogP contribution is -2.34. The first kappa shape index (κ1) is 14.3. The highest BCUT2D eigenvalue weighted by Crippen LogP contribution is 2.19. The molecule has 0 unspecified atom stereocenters. The summed E-state index contributed by atoms with van der Waals surface area (Å²) in [6.45, 7) is -1.44. The summed E-state index contributed by atoms with van der Waals surface area (Å²) in [4.78, 5) is 11.8. The maximum atomic E-state index is 12.1. The second-order valence-corrected chi connectivity index (χ2v) is 4.15. The molecular formula is C10H7ClF3N5O. The van der Waals surface area contributed by atoms with Gasteiger partial charge in [-0.25, -0.2) is 0 Å². The van der Waals surface area contributed by atoms with Crippen LogP contribution in [0.5, 0.6) is 0 Å². The lowest BCUT2D eigenvalue weighted by molar-refractivity contribution is -0.123. The summed E-state index contributed by atoms with van der Waals surface area (Å²) in [6.07, 6.45) is -3.28. The minimum absolute atomic E-state index is 0.0611. The van der Waals surface area contributed by atoms with Crippen molar-refractivity contribution in [3.63, 3.8) is 0 Å². The molecule has 1 aromatic carbocycles. The minimum atomic E-state index is -4.50. The Labute approximate surface area is 115 Å². The highest BCUT2D eigenvalue weighted by Gasteiger charge is 2.28. The SMILES string of the molecule is O=C(NCC(F)(F)F)c1cc(Cl)ccc1-n1cnnn1. The lowest BCUT2D eigenvalue weighted by atomic mass is 10.1. The van der Waals surface area contributed by atoms with Crippen LogP contribution < -0.4 is 5.32 Å². The van der Waals surface area contributed by atoms with Crippen LogP contribution in [-0.4, -0.2) is 38.8 Å². The molecule has 0 fully saturated rings. The zero-order valence-electron chi connectivity index (χ0n) is 9.73. The molecule has 0 aliphatic heterocycles. The number of hydrogen-bond acceptors (Lipinski definition) is 4. The highest BCUT2D eigenvalue weighted by atomic mass is 35.5. The Kier molecular flexibility index (Phi) is 3.89. The number of carbonyl (C=O) groups excluding carboxylic acids is 1. The molecule has 0 saturated heterocycles. The molecule has 10 heteroatoms. The van der Waals surface area contributed by atoms with Crippen molar-refractivity contribution in [2.75, 3.05) is 6.54 Å². The van der Waals surface area contributed by atoms with Gasteiger partial charge in [-0.2, -0.15) is 17.9 Å². The smallest absolute Gasteiger partial charge is 0.343 e. The van der Waals surface area contributed by atoms with Crippen molar-refractivity contribution in [1.29, 1.82) is 0 Å². The fourth-order valence-electron chi connectivity index (χ4n) is 1.44. The molecule has 1 aromatic heterocycles. The van der Waals surface area contributed by atoms with Crippen molar-refractivity contribution in [2.45, 2.75) is 6.18 Å². The topological polar surface area (TPSA) is 72.7 Å². The van der Waals surface area contributed by atoms with Gasteiger partial charge in [0.2, 0.25) is 0 Å². The minimum Gasteiger partial charge on any atom is -0.343 e. The Hall–Kier alpha value is -2.16. The molecule has 106 valence electrons. The number of amides is 1. The van der Waals surface area contributed by atoms with Gasteiger partial charge in [-0.1, -0.05) is 11.6 Å². The van der Waals surface area contributed by atoms with Crippen LogP contribution in [0.15, 0.2) is 24.5 Å². The Balaban J connectivity index is 2.30. The third-order valence-corrected chi connectivity index (χ3v) is 2.48. The van der Waals surface area contributed by atoms with E-state index in [2.05, 4.69) is 15.5 Å². The largest absolute Gasteiger partial charge is 0.405 e. The fourth-order valence-corrected chi connectivity index (χ4v) is 1.61. The molecule has 0 spiro atoms. The second kappa shape index (κ2) is 5.45. The zero-order chi connectivity index (χ0) is 14.8. The number of halogens is 4. The van der Waals surface area contributed by atoms with E-state index < -0.39 is 18.6 Å². The number of aromatic nitrogens is 4. The monoisotopic (exact) mass is 305 g/mol. The molecule has 0 aliphatic carbocycles. The molecule has 0 saturated carbocycles. The third kappa shape index (κ3) is 3.44. The first-order valence-electron chi connectivity index (χ1n) is 5.25. The summed E-state index contributed by atoms with van der Waals surface area (Å²) >= 11 is 5.75. The normalized spacial score (nSPS) is 11.4. The predicted molar refractivity (Wildman–Crippen MR) is 62.6 cm³/mol. The molecule has 0 atom stereocenters. The van der Waals surface area contributed by atoms with E-state index in [0.717, 1.165) is 4.68 Å². The molecule has 20 heavy (non-hydrogen) atoms. The first-order chi connectivity index (χ1) is 9.37. The van der Waals surface area contributed by atoms with E-state index in [1.54, 1.807) is 5.32 Å². The van der Waals surface area contributed by atoms with Gasteiger partial charge in [0, 0.05) is 5.02 Å². The van der Waals surface area contributed by atoms with E-state index in [1.165, 1.54) is 24.5 Å². The maximum Gasteiger partial charge on any atom is 0.405 e. The summed E-state index contributed by atoms with van der Waals surface area (Å²) in [5.74, 6) is -0.921. The number of nitrogens with one attached hydrogen (secondary N) is 1. The number of benzene rings is 1. The van der Waals surface area contributed by atoms with Crippen LogP contribution in [0.25, 0.3) is 5.69 Å². The first-order valence-corrected chi connectivity index (χ1v) is 5.62. The fraction of sp³-hybridized carbons (Fsp3) is 0.200. The number of hydrogen-bond donors (Lipinski definition) is 1. The molecule has 0 aliphatic rings. The lowest BCUT2D eigenvalue weighted by Gasteiger charge is -2.11. The summed E-state index contributed by atoms with van der Waals surface area (Å²) in [5, 5.41) is 12.3. The van der Waals surface area contributed by atoms with E-state index in [0.29, 0.717) is 0 Å². The van der Waals surface area contributed by atoms with Crippen LogP contribution in [0.1, 0.15) is 10.4 Å². The Morgan fingerprint density at radius 1 is 1.40 bits per heavy atom. The van der Waals surface area contributed by atoms with Crippen molar-refractivity contribution in [3.8, 4) is 5.69 Å². The number of nitrogens with zero attached hydrogens (tertiary/aromatic N) is 4. The summed E-state index contributed by atoms with van der Waals surface area (Å²) in [6, 6.07) is 4.14. The number of carbonyl (C=O) groups is 1. The van der Waals surface area contributed by atoms with Gasteiger partial charge in [0.05, 0.1) is 11.3 Å². The van der Waals surface area contributed by atoms with Crippen LogP contribution in [0.2, 0.25) is 5.02 Å². The van der Waals surface area contributed by atoms with Gasteiger partial charge < -0.3 is 5.32 Å². The molecule has 2 aromatic rings. The van der Waals surface area contributed by atoms with Crippen LogP contribution in [0, 0.1) is 0 Å². The highest BCUT2D eigenvalue weighted by molar-refractivity contribution is 6.31. The van der Waals surface area contributed by atoms with E-state index >= 15 is 0 Å². The summed E-state index contributed by atoms with van der Waals surface area (Å²) in [7, 11) is 0. The van der Waals surface area contributed by atoms with Crippen molar-refractivity contribution < 1.29 is 18.0 Å². The Morgan fingerprint density at radius 3 is 2.75 bits per heavy atom. The third-order valence-electron chi connectivity index (χ3n) is 2.25. The van der Waals surface area contributed by atoms with Gasteiger partial charge in [0.25, 0.3) is 5.91 Å². The average molecular weight is 306 g/mol. The van der Waals surface area contributed by atoms with Gasteiger partial charge in [0.1, 0.15) is 12.9 Å². The molecule has 0 radical (unpaired) electrons. The average Bonchev–Trinajstić information content (AvgIpc) is 2.88. The second-order valence-electron chi connectivity index (χ2n) is 3.71. The van der Waals surface area contributed by atoms with Crippen molar-refractivity contribution in [2.24, 2.45) is 0 Å². The molecular weight excluding hydrogens is 299 g/mol. The number of rotatable bonds is 3.